The van der Waals surface area contributed by atoms with Crippen molar-refractivity contribution < 1.29 is 14.0 Å². The van der Waals surface area contributed by atoms with Crippen molar-refractivity contribution in [1.82, 2.24) is 10.2 Å². The maximum atomic E-state index is 12.9. The van der Waals surface area contributed by atoms with Crippen molar-refractivity contribution in [3.05, 3.63) is 60.1 Å². The third-order valence-corrected chi connectivity index (χ3v) is 6.10. The van der Waals surface area contributed by atoms with Gasteiger partial charge in [0.15, 0.2) is 5.76 Å². The summed E-state index contributed by atoms with van der Waals surface area (Å²) in [7, 11) is 0. The van der Waals surface area contributed by atoms with Crippen molar-refractivity contribution in [2.45, 2.75) is 50.0 Å². The van der Waals surface area contributed by atoms with Gasteiger partial charge in [0.25, 0.3) is 5.91 Å². The number of rotatable bonds is 5. The van der Waals surface area contributed by atoms with Gasteiger partial charge in [-0.1, -0.05) is 43.2 Å². The summed E-state index contributed by atoms with van der Waals surface area (Å²) in [6, 6.07) is 13.4. The SMILES string of the molecule is O=C(NCC1(c2ccccc2)CCCC1)C1CCCN1C(=O)c1ccco1. The standard InChI is InChI=1S/C22H26N2O3/c25-20(18-10-6-14-24(18)21(26)19-11-7-15-27-19)23-16-22(12-4-5-13-22)17-8-2-1-3-9-17/h1-3,7-9,11,15,18H,4-6,10,12-14,16H2,(H,23,25). The monoisotopic (exact) mass is 366 g/mol. The Morgan fingerprint density at radius 3 is 2.56 bits per heavy atom. The lowest BCUT2D eigenvalue weighted by atomic mass is 9.79. The van der Waals surface area contributed by atoms with Crippen LogP contribution in [0.1, 0.15) is 54.6 Å². The van der Waals surface area contributed by atoms with Crippen LogP contribution in [-0.2, 0) is 10.2 Å². The summed E-state index contributed by atoms with van der Waals surface area (Å²) < 4.78 is 5.23. The molecule has 2 aromatic rings. The van der Waals surface area contributed by atoms with Crippen LogP contribution in [0.25, 0.3) is 0 Å². The molecule has 5 heteroatoms. The highest BCUT2D eigenvalue weighted by Gasteiger charge is 2.39. The second kappa shape index (κ2) is 7.59. The van der Waals surface area contributed by atoms with Crippen molar-refractivity contribution >= 4 is 11.8 Å². The number of likely N-dealkylation sites (tertiary alicyclic amines) is 1. The molecule has 0 radical (unpaired) electrons. The predicted molar refractivity (Wildman–Crippen MR) is 102 cm³/mol. The molecule has 2 amide bonds. The number of carbonyl (C=O) groups is 2. The van der Waals surface area contributed by atoms with E-state index in [4.69, 9.17) is 4.42 Å². The second-order valence-corrected chi connectivity index (χ2v) is 7.71. The molecule has 4 rings (SSSR count). The summed E-state index contributed by atoms with van der Waals surface area (Å²) >= 11 is 0. The zero-order valence-electron chi connectivity index (χ0n) is 15.5. The molecule has 0 spiro atoms. The van der Waals surface area contributed by atoms with E-state index < -0.39 is 6.04 Å². The minimum Gasteiger partial charge on any atom is -0.459 e. The van der Waals surface area contributed by atoms with Gasteiger partial charge in [-0.15, -0.1) is 0 Å². The van der Waals surface area contributed by atoms with E-state index in [0.29, 0.717) is 25.3 Å². The Bertz CT molecular complexity index is 779. The Balaban J connectivity index is 1.44. The number of amides is 2. The molecular weight excluding hydrogens is 340 g/mol. The Morgan fingerprint density at radius 2 is 1.85 bits per heavy atom. The van der Waals surface area contributed by atoms with E-state index in [1.807, 2.05) is 6.07 Å². The number of benzene rings is 1. The maximum absolute atomic E-state index is 12.9. The first-order valence-electron chi connectivity index (χ1n) is 9.87. The lowest BCUT2D eigenvalue weighted by Gasteiger charge is -2.31. The van der Waals surface area contributed by atoms with Crippen LogP contribution in [0.4, 0.5) is 0 Å². The minimum atomic E-state index is -0.406. The van der Waals surface area contributed by atoms with Crippen molar-refractivity contribution in [3.8, 4) is 0 Å². The van der Waals surface area contributed by atoms with Crippen LogP contribution in [0.2, 0.25) is 0 Å². The number of nitrogens with zero attached hydrogens (tertiary/aromatic N) is 1. The fourth-order valence-electron chi connectivity index (χ4n) is 4.61. The van der Waals surface area contributed by atoms with Crippen LogP contribution in [-0.4, -0.2) is 35.8 Å². The summed E-state index contributed by atoms with van der Waals surface area (Å²) in [5.41, 5.74) is 1.32. The molecule has 1 aromatic heterocycles. The highest BCUT2D eigenvalue weighted by Crippen LogP contribution is 2.40. The van der Waals surface area contributed by atoms with Crippen LogP contribution in [0.3, 0.4) is 0 Å². The smallest absolute Gasteiger partial charge is 0.290 e. The fourth-order valence-corrected chi connectivity index (χ4v) is 4.61. The molecule has 1 aromatic carbocycles. The van der Waals surface area contributed by atoms with Gasteiger partial charge in [0.1, 0.15) is 6.04 Å². The van der Waals surface area contributed by atoms with Gasteiger partial charge in [0, 0.05) is 18.5 Å². The normalized spacial score (nSPS) is 21.3. The van der Waals surface area contributed by atoms with Crippen molar-refractivity contribution in [2.75, 3.05) is 13.1 Å². The quantitative estimate of drug-likeness (QED) is 0.881. The second-order valence-electron chi connectivity index (χ2n) is 7.71. The van der Waals surface area contributed by atoms with Crippen LogP contribution >= 0.6 is 0 Å². The zero-order chi connectivity index (χ0) is 18.7. The summed E-state index contributed by atoms with van der Waals surface area (Å²) in [5.74, 6) is 0.0529. The fraction of sp³-hybridized carbons (Fsp3) is 0.455. The van der Waals surface area contributed by atoms with E-state index in [2.05, 4.69) is 29.6 Å². The highest BCUT2D eigenvalue weighted by molar-refractivity contribution is 5.96. The maximum Gasteiger partial charge on any atom is 0.290 e. The van der Waals surface area contributed by atoms with Crippen LogP contribution in [0.15, 0.2) is 53.1 Å². The largest absolute Gasteiger partial charge is 0.459 e. The minimum absolute atomic E-state index is 0.0192. The van der Waals surface area contributed by atoms with E-state index >= 15 is 0 Å². The number of furan rings is 1. The van der Waals surface area contributed by atoms with Crippen LogP contribution in [0, 0.1) is 0 Å². The molecule has 1 saturated heterocycles. The molecule has 2 fully saturated rings. The lowest BCUT2D eigenvalue weighted by Crippen LogP contribution is -2.49. The van der Waals surface area contributed by atoms with E-state index in [1.165, 1.54) is 24.7 Å². The summed E-state index contributed by atoms with van der Waals surface area (Å²) in [4.78, 5) is 27.2. The van der Waals surface area contributed by atoms with Gasteiger partial charge in [-0.3, -0.25) is 9.59 Å². The first kappa shape index (κ1) is 17.8. The molecule has 1 atom stereocenters. The van der Waals surface area contributed by atoms with Gasteiger partial charge in [0.05, 0.1) is 6.26 Å². The topological polar surface area (TPSA) is 62.6 Å². The molecule has 1 saturated carbocycles. The van der Waals surface area contributed by atoms with Crippen molar-refractivity contribution in [1.29, 1.82) is 0 Å². The van der Waals surface area contributed by atoms with E-state index in [0.717, 1.165) is 19.3 Å². The number of hydrogen-bond donors (Lipinski definition) is 1. The molecule has 1 aliphatic heterocycles. The van der Waals surface area contributed by atoms with Gasteiger partial charge >= 0.3 is 0 Å². The number of hydrogen-bond acceptors (Lipinski definition) is 3. The van der Waals surface area contributed by atoms with Gasteiger partial charge in [-0.05, 0) is 43.4 Å². The molecular formula is C22H26N2O3. The molecule has 1 aliphatic carbocycles. The first-order valence-corrected chi connectivity index (χ1v) is 9.87. The number of nitrogens with one attached hydrogen (secondary N) is 1. The van der Waals surface area contributed by atoms with E-state index in [-0.39, 0.29) is 17.2 Å². The molecule has 5 nitrogen and oxygen atoms in total. The average Bonchev–Trinajstić information content (AvgIpc) is 3.48. The van der Waals surface area contributed by atoms with Gasteiger partial charge in [-0.25, -0.2) is 0 Å². The van der Waals surface area contributed by atoms with Gasteiger partial charge in [0.2, 0.25) is 5.91 Å². The Kier molecular flexibility index (Phi) is 5.01. The van der Waals surface area contributed by atoms with Crippen molar-refractivity contribution in [3.63, 3.8) is 0 Å². The molecule has 142 valence electrons. The third kappa shape index (κ3) is 3.51. The molecule has 2 heterocycles. The molecule has 0 bridgehead atoms. The summed E-state index contributed by atoms with van der Waals surface area (Å²) in [5, 5.41) is 3.17. The Morgan fingerprint density at radius 1 is 1.07 bits per heavy atom. The van der Waals surface area contributed by atoms with E-state index in [9.17, 15) is 9.59 Å². The van der Waals surface area contributed by atoms with Gasteiger partial charge in [-0.2, -0.15) is 0 Å². The third-order valence-electron chi connectivity index (χ3n) is 6.10. The predicted octanol–water partition coefficient (Wildman–Crippen LogP) is 3.51. The molecule has 2 aliphatic rings. The van der Waals surface area contributed by atoms with Crippen LogP contribution in [0.5, 0.6) is 0 Å². The zero-order valence-corrected chi connectivity index (χ0v) is 15.5. The highest BCUT2D eigenvalue weighted by atomic mass is 16.3. The summed E-state index contributed by atoms with van der Waals surface area (Å²) in [6.07, 6.45) is 7.61. The number of carbonyl (C=O) groups excluding carboxylic acids is 2. The molecule has 27 heavy (non-hydrogen) atoms. The van der Waals surface area contributed by atoms with Crippen LogP contribution < -0.4 is 5.32 Å². The lowest BCUT2D eigenvalue weighted by molar-refractivity contribution is -0.125. The average molecular weight is 366 g/mol. The molecule has 1 unspecified atom stereocenters. The van der Waals surface area contributed by atoms with E-state index in [1.54, 1.807) is 17.0 Å². The van der Waals surface area contributed by atoms with Crippen molar-refractivity contribution in [2.24, 2.45) is 0 Å². The van der Waals surface area contributed by atoms with Gasteiger partial charge < -0.3 is 14.6 Å². The summed E-state index contributed by atoms with van der Waals surface area (Å²) in [6.45, 7) is 1.23. The Labute approximate surface area is 159 Å². The Hall–Kier alpha value is -2.56. The molecule has 1 N–H and O–H groups in total. The first-order chi connectivity index (χ1) is 13.2.